The molecule has 4 nitrogen and oxygen atoms in total. The summed E-state index contributed by atoms with van der Waals surface area (Å²) in [5, 5.41) is 11.1. The molecule has 140 valence electrons. The van der Waals surface area contributed by atoms with Crippen LogP contribution in [-0.4, -0.2) is 47.7 Å². The second kappa shape index (κ2) is 7.93. The summed E-state index contributed by atoms with van der Waals surface area (Å²) in [6.45, 7) is 8.05. The van der Waals surface area contributed by atoms with Gasteiger partial charge in [0, 0.05) is 30.6 Å². The molecule has 1 unspecified atom stereocenters. The number of fused-ring (bicyclic) bond motifs is 1. The van der Waals surface area contributed by atoms with Crippen molar-refractivity contribution in [3.63, 3.8) is 0 Å². The number of aliphatic hydroxyl groups excluding tert-OH is 1. The Balaban J connectivity index is 1.56. The number of likely N-dealkylation sites (tertiary alicyclic amines) is 1. The van der Waals surface area contributed by atoms with Crippen molar-refractivity contribution in [3.05, 3.63) is 35.4 Å². The molecular formula is C22H31N3O. The molecule has 1 atom stereocenters. The second-order valence-corrected chi connectivity index (χ2v) is 8.09. The van der Waals surface area contributed by atoms with E-state index in [9.17, 15) is 5.11 Å². The fourth-order valence-corrected chi connectivity index (χ4v) is 4.68. The van der Waals surface area contributed by atoms with Crippen LogP contribution in [0.3, 0.4) is 0 Å². The van der Waals surface area contributed by atoms with Gasteiger partial charge < -0.3 is 14.9 Å². The van der Waals surface area contributed by atoms with Gasteiger partial charge in [0.15, 0.2) is 0 Å². The van der Waals surface area contributed by atoms with Crippen LogP contribution in [0, 0.1) is 12.8 Å². The Kier molecular flexibility index (Phi) is 5.41. The standard InChI is InChI=1S/C22H31N3O/c1-17-7-5-9-19-13-20(16-26)22(23-21(17)19)25-12-6-8-18(15-25)14-24-10-3-2-4-11-24/h5,7,9,13,18,26H,2-4,6,8,10-12,14-16H2,1H3. The van der Waals surface area contributed by atoms with Gasteiger partial charge in [-0.15, -0.1) is 0 Å². The van der Waals surface area contributed by atoms with Crippen molar-refractivity contribution in [3.8, 4) is 0 Å². The van der Waals surface area contributed by atoms with Crippen LogP contribution in [0.4, 0.5) is 5.82 Å². The van der Waals surface area contributed by atoms with Gasteiger partial charge in [0.2, 0.25) is 0 Å². The number of aliphatic hydroxyl groups is 1. The minimum absolute atomic E-state index is 0.0551. The maximum absolute atomic E-state index is 9.93. The number of hydrogen-bond acceptors (Lipinski definition) is 4. The number of piperidine rings is 2. The van der Waals surface area contributed by atoms with Gasteiger partial charge in [-0.05, 0) is 63.2 Å². The van der Waals surface area contributed by atoms with Crippen LogP contribution in [-0.2, 0) is 6.61 Å². The molecule has 0 amide bonds. The second-order valence-electron chi connectivity index (χ2n) is 8.09. The smallest absolute Gasteiger partial charge is 0.134 e. The predicted octanol–water partition coefficient (Wildman–Crippen LogP) is 3.74. The molecule has 0 bridgehead atoms. The number of aromatic nitrogens is 1. The van der Waals surface area contributed by atoms with Crippen molar-refractivity contribution >= 4 is 16.7 Å². The number of rotatable bonds is 4. The van der Waals surface area contributed by atoms with Gasteiger partial charge in [-0.1, -0.05) is 24.6 Å². The number of benzene rings is 1. The minimum atomic E-state index is 0.0551. The van der Waals surface area contributed by atoms with Crippen molar-refractivity contribution in [2.45, 2.75) is 45.6 Å². The maximum atomic E-state index is 9.93. The molecule has 0 radical (unpaired) electrons. The number of anilines is 1. The summed E-state index contributed by atoms with van der Waals surface area (Å²) >= 11 is 0. The normalized spacial score (nSPS) is 22.1. The summed E-state index contributed by atoms with van der Waals surface area (Å²) in [4.78, 5) is 10.1. The van der Waals surface area contributed by atoms with Gasteiger partial charge in [-0.3, -0.25) is 0 Å². The molecule has 1 N–H and O–H groups in total. The molecule has 0 spiro atoms. The third-order valence-corrected chi connectivity index (χ3v) is 6.06. The number of hydrogen-bond donors (Lipinski definition) is 1. The molecular weight excluding hydrogens is 322 g/mol. The highest BCUT2D eigenvalue weighted by atomic mass is 16.3. The molecule has 3 heterocycles. The van der Waals surface area contributed by atoms with Gasteiger partial charge in [0.25, 0.3) is 0 Å². The van der Waals surface area contributed by atoms with Crippen LogP contribution in [0.5, 0.6) is 0 Å². The number of para-hydroxylation sites is 1. The Bertz CT molecular complexity index is 754. The van der Waals surface area contributed by atoms with Crippen LogP contribution in [0.25, 0.3) is 10.9 Å². The monoisotopic (exact) mass is 353 g/mol. The molecule has 2 fully saturated rings. The number of nitrogens with zero attached hydrogens (tertiary/aromatic N) is 3. The zero-order valence-electron chi connectivity index (χ0n) is 16.0. The Labute approximate surface area is 156 Å². The van der Waals surface area contributed by atoms with Crippen molar-refractivity contribution in [1.29, 1.82) is 0 Å². The highest BCUT2D eigenvalue weighted by molar-refractivity contribution is 5.84. The average molecular weight is 354 g/mol. The summed E-state index contributed by atoms with van der Waals surface area (Å²) in [5.41, 5.74) is 3.23. The average Bonchev–Trinajstić information content (AvgIpc) is 2.68. The van der Waals surface area contributed by atoms with Gasteiger partial charge in [-0.25, -0.2) is 4.98 Å². The Morgan fingerprint density at radius 2 is 1.96 bits per heavy atom. The van der Waals surface area contributed by atoms with Gasteiger partial charge >= 0.3 is 0 Å². The largest absolute Gasteiger partial charge is 0.392 e. The SMILES string of the molecule is Cc1cccc2cc(CO)c(N3CCCC(CN4CCCCC4)C3)nc12. The predicted molar refractivity (Wildman–Crippen MR) is 108 cm³/mol. The summed E-state index contributed by atoms with van der Waals surface area (Å²) in [6.07, 6.45) is 6.64. The van der Waals surface area contributed by atoms with Crippen LogP contribution in [0.2, 0.25) is 0 Å². The summed E-state index contributed by atoms with van der Waals surface area (Å²) in [6, 6.07) is 8.40. The molecule has 0 aliphatic carbocycles. The van der Waals surface area contributed by atoms with E-state index < -0.39 is 0 Å². The summed E-state index contributed by atoms with van der Waals surface area (Å²) in [7, 11) is 0. The van der Waals surface area contributed by atoms with E-state index in [0.717, 1.165) is 35.4 Å². The van der Waals surface area contributed by atoms with E-state index in [4.69, 9.17) is 4.98 Å². The first-order chi connectivity index (χ1) is 12.7. The third kappa shape index (κ3) is 3.72. The van der Waals surface area contributed by atoms with Gasteiger partial charge in [0.05, 0.1) is 12.1 Å². The van der Waals surface area contributed by atoms with E-state index in [2.05, 4.69) is 41.0 Å². The quantitative estimate of drug-likeness (QED) is 0.909. The fraction of sp³-hybridized carbons (Fsp3) is 0.591. The topological polar surface area (TPSA) is 39.6 Å². The molecule has 2 aromatic rings. The first kappa shape index (κ1) is 17.7. The van der Waals surface area contributed by atoms with E-state index >= 15 is 0 Å². The maximum Gasteiger partial charge on any atom is 0.134 e. The van der Waals surface area contributed by atoms with E-state index in [0.29, 0.717) is 5.92 Å². The van der Waals surface area contributed by atoms with Crippen LogP contribution < -0.4 is 4.90 Å². The molecule has 4 heteroatoms. The zero-order chi connectivity index (χ0) is 17.9. The first-order valence-corrected chi connectivity index (χ1v) is 10.2. The Morgan fingerprint density at radius 1 is 1.12 bits per heavy atom. The summed E-state index contributed by atoms with van der Waals surface area (Å²) in [5.74, 6) is 1.71. The molecule has 2 aliphatic heterocycles. The zero-order valence-corrected chi connectivity index (χ0v) is 16.0. The van der Waals surface area contributed by atoms with Crippen LogP contribution in [0.15, 0.2) is 24.3 Å². The van der Waals surface area contributed by atoms with Crippen LogP contribution in [0.1, 0.15) is 43.2 Å². The van der Waals surface area contributed by atoms with Crippen LogP contribution >= 0.6 is 0 Å². The van der Waals surface area contributed by atoms with Crippen molar-refractivity contribution in [2.75, 3.05) is 37.6 Å². The van der Waals surface area contributed by atoms with E-state index in [1.165, 1.54) is 57.3 Å². The van der Waals surface area contributed by atoms with E-state index in [1.807, 2.05) is 0 Å². The lowest BCUT2D eigenvalue weighted by atomic mass is 9.96. The number of aryl methyl sites for hydroxylation is 1. The van der Waals surface area contributed by atoms with E-state index in [-0.39, 0.29) is 6.61 Å². The highest BCUT2D eigenvalue weighted by Gasteiger charge is 2.25. The lowest BCUT2D eigenvalue weighted by Gasteiger charge is -2.38. The molecule has 4 rings (SSSR count). The Hall–Kier alpha value is -1.65. The van der Waals surface area contributed by atoms with Gasteiger partial charge in [0.1, 0.15) is 5.82 Å². The molecule has 2 aliphatic rings. The van der Waals surface area contributed by atoms with Crippen molar-refractivity contribution in [1.82, 2.24) is 9.88 Å². The molecule has 2 saturated heterocycles. The molecule has 26 heavy (non-hydrogen) atoms. The van der Waals surface area contributed by atoms with Crippen molar-refractivity contribution in [2.24, 2.45) is 5.92 Å². The molecule has 1 aromatic carbocycles. The molecule has 1 aromatic heterocycles. The first-order valence-electron chi connectivity index (χ1n) is 10.2. The molecule has 0 saturated carbocycles. The van der Waals surface area contributed by atoms with Crippen molar-refractivity contribution < 1.29 is 5.11 Å². The Morgan fingerprint density at radius 3 is 2.77 bits per heavy atom. The minimum Gasteiger partial charge on any atom is -0.392 e. The highest BCUT2D eigenvalue weighted by Crippen LogP contribution is 2.29. The van der Waals surface area contributed by atoms with Gasteiger partial charge in [-0.2, -0.15) is 0 Å². The number of pyridine rings is 1. The fourth-order valence-electron chi connectivity index (χ4n) is 4.68. The van der Waals surface area contributed by atoms with E-state index in [1.54, 1.807) is 0 Å². The lowest BCUT2D eigenvalue weighted by molar-refractivity contribution is 0.185. The third-order valence-electron chi connectivity index (χ3n) is 6.06. The lowest BCUT2D eigenvalue weighted by Crippen LogP contribution is -2.43. The summed E-state index contributed by atoms with van der Waals surface area (Å²) < 4.78 is 0.